The molecule has 0 bridgehead atoms. The summed E-state index contributed by atoms with van der Waals surface area (Å²) in [6.07, 6.45) is -0.413. The van der Waals surface area contributed by atoms with Gasteiger partial charge in [-0.2, -0.15) is 5.26 Å². The van der Waals surface area contributed by atoms with Crippen molar-refractivity contribution in [3.05, 3.63) is 29.8 Å². The predicted molar refractivity (Wildman–Crippen MR) is 88.3 cm³/mol. The lowest BCUT2D eigenvalue weighted by atomic mass is 9.98. The molecule has 0 spiro atoms. The Morgan fingerprint density at radius 1 is 1.25 bits per heavy atom. The number of phenols is 1. The zero-order chi connectivity index (χ0) is 18.2. The molecule has 1 aromatic carbocycles. The van der Waals surface area contributed by atoms with E-state index in [1.54, 1.807) is 32.9 Å². The molecule has 0 heterocycles. The molecule has 0 fully saturated rings. The normalized spacial score (nSPS) is 11.9. The SMILES string of the molecule is CC(C)(C)OC(=O)NCC(C(=O)NCCC#N)c1ccc(O)cc1. The molecule has 1 atom stereocenters. The summed E-state index contributed by atoms with van der Waals surface area (Å²) in [5, 5.41) is 23.1. The molecule has 0 saturated carbocycles. The Kier molecular flexibility index (Phi) is 7.05. The lowest BCUT2D eigenvalue weighted by Gasteiger charge is -2.22. The van der Waals surface area contributed by atoms with Crippen LogP contribution in [-0.2, 0) is 9.53 Å². The first-order chi connectivity index (χ1) is 11.2. The van der Waals surface area contributed by atoms with E-state index >= 15 is 0 Å². The van der Waals surface area contributed by atoms with Gasteiger partial charge in [0.1, 0.15) is 11.4 Å². The highest BCUT2D eigenvalue weighted by Crippen LogP contribution is 2.19. The van der Waals surface area contributed by atoms with Crippen molar-refractivity contribution >= 4 is 12.0 Å². The molecule has 1 rings (SSSR count). The van der Waals surface area contributed by atoms with Crippen LogP contribution in [0.4, 0.5) is 4.79 Å². The number of nitriles is 1. The summed E-state index contributed by atoms with van der Waals surface area (Å²) >= 11 is 0. The van der Waals surface area contributed by atoms with Gasteiger partial charge in [0.25, 0.3) is 0 Å². The molecule has 1 unspecified atom stereocenters. The number of nitrogens with zero attached hydrogens (tertiary/aromatic N) is 1. The van der Waals surface area contributed by atoms with Crippen LogP contribution in [0.3, 0.4) is 0 Å². The van der Waals surface area contributed by atoms with Crippen molar-refractivity contribution in [3.8, 4) is 11.8 Å². The van der Waals surface area contributed by atoms with Crippen LogP contribution >= 0.6 is 0 Å². The van der Waals surface area contributed by atoms with Crippen molar-refractivity contribution in [2.45, 2.75) is 38.7 Å². The van der Waals surface area contributed by atoms with Crippen LogP contribution in [-0.4, -0.2) is 35.8 Å². The van der Waals surface area contributed by atoms with Gasteiger partial charge in [0.2, 0.25) is 5.91 Å². The lowest BCUT2D eigenvalue weighted by molar-refractivity contribution is -0.122. The van der Waals surface area contributed by atoms with E-state index in [1.165, 1.54) is 12.1 Å². The third-order valence-electron chi connectivity index (χ3n) is 3.00. The summed E-state index contributed by atoms with van der Waals surface area (Å²) in [5.74, 6) is -0.883. The van der Waals surface area contributed by atoms with Crippen molar-refractivity contribution in [3.63, 3.8) is 0 Å². The summed E-state index contributed by atoms with van der Waals surface area (Å²) < 4.78 is 5.16. The van der Waals surface area contributed by atoms with E-state index in [0.29, 0.717) is 5.56 Å². The fraction of sp³-hybridized carbons (Fsp3) is 0.471. The number of ether oxygens (including phenoxy) is 1. The molecule has 0 aliphatic heterocycles. The van der Waals surface area contributed by atoms with Gasteiger partial charge >= 0.3 is 6.09 Å². The van der Waals surface area contributed by atoms with Crippen LogP contribution in [0.5, 0.6) is 5.75 Å². The van der Waals surface area contributed by atoms with Crippen molar-refractivity contribution in [1.82, 2.24) is 10.6 Å². The molecule has 3 N–H and O–H groups in total. The number of phenolic OH excluding ortho intramolecular Hbond substituents is 1. The van der Waals surface area contributed by atoms with Crippen molar-refractivity contribution in [1.29, 1.82) is 5.26 Å². The van der Waals surface area contributed by atoms with E-state index in [0.717, 1.165) is 0 Å². The number of alkyl carbamates (subject to hydrolysis) is 1. The molecule has 7 nitrogen and oxygen atoms in total. The van der Waals surface area contributed by atoms with Gasteiger partial charge in [-0.25, -0.2) is 4.79 Å². The van der Waals surface area contributed by atoms with Crippen LogP contribution in [0.2, 0.25) is 0 Å². The van der Waals surface area contributed by atoms with Crippen molar-refractivity contribution < 1.29 is 19.4 Å². The first-order valence-corrected chi connectivity index (χ1v) is 7.63. The largest absolute Gasteiger partial charge is 0.508 e. The second-order valence-corrected chi connectivity index (χ2v) is 6.23. The van der Waals surface area contributed by atoms with E-state index in [1.807, 2.05) is 6.07 Å². The zero-order valence-corrected chi connectivity index (χ0v) is 14.1. The van der Waals surface area contributed by atoms with Crippen LogP contribution in [0.25, 0.3) is 0 Å². The molecule has 0 aliphatic rings. The van der Waals surface area contributed by atoms with E-state index in [4.69, 9.17) is 10.00 Å². The first-order valence-electron chi connectivity index (χ1n) is 7.63. The first kappa shape index (κ1) is 19.3. The molecule has 0 aromatic heterocycles. The molecule has 2 amide bonds. The molecule has 0 radical (unpaired) electrons. The average molecular weight is 333 g/mol. The van der Waals surface area contributed by atoms with Gasteiger partial charge in [-0.1, -0.05) is 12.1 Å². The molecule has 24 heavy (non-hydrogen) atoms. The quantitative estimate of drug-likeness (QED) is 0.690. The maximum Gasteiger partial charge on any atom is 0.407 e. The van der Waals surface area contributed by atoms with Crippen LogP contribution < -0.4 is 10.6 Å². The zero-order valence-electron chi connectivity index (χ0n) is 14.1. The van der Waals surface area contributed by atoms with Crippen LogP contribution in [0, 0.1) is 11.3 Å². The van der Waals surface area contributed by atoms with Gasteiger partial charge in [0, 0.05) is 13.1 Å². The highest BCUT2D eigenvalue weighted by Gasteiger charge is 2.23. The van der Waals surface area contributed by atoms with Gasteiger partial charge in [0.15, 0.2) is 0 Å². The fourth-order valence-corrected chi connectivity index (χ4v) is 1.93. The maximum absolute atomic E-state index is 12.3. The minimum absolute atomic E-state index is 0.0398. The number of carbonyl (C=O) groups excluding carboxylic acids is 2. The second kappa shape index (κ2) is 8.77. The highest BCUT2D eigenvalue weighted by molar-refractivity contribution is 5.84. The Labute approximate surface area is 141 Å². The molecule has 130 valence electrons. The minimum atomic E-state index is -0.656. The highest BCUT2D eigenvalue weighted by atomic mass is 16.6. The Bertz CT molecular complexity index is 600. The summed E-state index contributed by atoms with van der Waals surface area (Å²) in [5.41, 5.74) is 0.00556. The number of hydrogen-bond acceptors (Lipinski definition) is 5. The molecular weight excluding hydrogens is 310 g/mol. The third-order valence-corrected chi connectivity index (χ3v) is 3.00. The number of hydrogen-bond donors (Lipinski definition) is 3. The third kappa shape index (κ3) is 7.01. The standard InChI is InChI=1S/C17H23N3O4/c1-17(2,3)24-16(23)20-11-14(15(22)19-10-4-9-18)12-5-7-13(21)8-6-12/h5-8,14,21H,4,10-11H2,1-3H3,(H,19,22)(H,20,23). The molecule has 0 saturated heterocycles. The predicted octanol–water partition coefficient (Wildman–Crippen LogP) is 2.03. The van der Waals surface area contributed by atoms with E-state index in [-0.39, 0.29) is 31.2 Å². The number of amides is 2. The summed E-state index contributed by atoms with van der Waals surface area (Å²) in [7, 11) is 0. The average Bonchev–Trinajstić information content (AvgIpc) is 2.47. The Morgan fingerprint density at radius 2 is 1.88 bits per heavy atom. The fourth-order valence-electron chi connectivity index (χ4n) is 1.93. The number of aromatic hydroxyl groups is 1. The number of benzene rings is 1. The summed E-state index contributed by atoms with van der Waals surface area (Å²) in [6.45, 7) is 5.52. The van der Waals surface area contributed by atoms with Gasteiger partial charge in [-0.3, -0.25) is 4.79 Å². The topological polar surface area (TPSA) is 111 Å². The van der Waals surface area contributed by atoms with Gasteiger partial charge in [-0.05, 0) is 38.5 Å². The van der Waals surface area contributed by atoms with E-state index < -0.39 is 17.6 Å². The Balaban J connectivity index is 2.78. The number of nitrogens with one attached hydrogen (secondary N) is 2. The lowest BCUT2D eigenvalue weighted by Crippen LogP contribution is -2.39. The van der Waals surface area contributed by atoms with Gasteiger partial charge < -0.3 is 20.5 Å². The Morgan fingerprint density at radius 3 is 2.42 bits per heavy atom. The van der Waals surface area contributed by atoms with Crippen LogP contribution in [0.1, 0.15) is 38.7 Å². The van der Waals surface area contributed by atoms with Crippen molar-refractivity contribution in [2.24, 2.45) is 0 Å². The summed E-state index contributed by atoms with van der Waals surface area (Å²) in [4.78, 5) is 24.1. The monoisotopic (exact) mass is 333 g/mol. The Hall–Kier alpha value is -2.75. The second-order valence-electron chi connectivity index (χ2n) is 6.23. The molecule has 0 aliphatic carbocycles. The number of carbonyl (C=O) groups is 2. The summed E-state index contributed by atoms with van der Waals surface area (Å²) in [6, 6.07) is 8.11. The maximum atomic E-state index is 12.3. The molecule has 1 aromatic rings. The van der Waals surface area contributed by atoms with E-state index in [2.05, 4.69) is 10.6 Å². The van der Waals surface area contributed by atoms with Gasteiger partial charge in [0.05, 0.1) is 18.4 Å². The number of rotatable bonds is 6. The minimum Gasteiger partial charge on any atom is -0.508 e. The smallest absolute Gasteiger partial charge is 0.407 e. The van der Waals surface area contributed by atoms with Crippen molar-refractivity contribution in [2.75, 3.05) is 13.1 Å². The van der Waals surface area contributed by atoms with E-state index in [9.17, 15) is 14.7 Å². The molecular formula is C17H23N3O4. The molecule has 7 heteroatoms. The van der Waals surface area contributed by atoms with Gasteiger partial charge in [-0.15, -0.1) is 0 Å². The van der Waals surface area contributed by atoms with Crippen LogP contribution in [0.15, 0.2) is 24.3 Å².